The first-order chi connectivity index (χ1) is 12.5. The van der Waals surface area contributed by atoms with Crippen LogP contribution in [-0.2, 0) is 16.1 Å². The van der Waals surface area contributed by atoms with E-state index in [1.807, 2.05) is 18.4 Å². The molecule has 2 N–H and O–H groups in total. The lowest BCUT2D eigenvalue weighted by Gasteiger charge is -2.06. The van der Waals surface area contributed by atoms with Crippen molar-refractivity contribution in [2.45, 2.75) is 13.5 Å². The average Bonchev–Trinajstić information content (AvgIpc) is 3.31. The molecule has 26 heavy (non-hydrogen) atoms. The Morgan fingerprint density at radius 3 is 2.62 bits per heavy atom. The number of carbonyl (C=O) groups is 3. The quantitative estimate of drug-likeness (QED) is 0.521. The second kappa shape index (κ2) is 8.07. The Bertz CT molecular complexity index is 945. The molecule has 0 atom stereocenters. The summed E-state index contributed by atoms with van der Waals surface area (Å²) in [6, 6.07) is 12.5. The molecule has 0 aliphatic heterocycles. The Kier molecular flexibility index (Phi) is 5.60. The molecule has 132 valence electrons. The summed E-state index contributed by atoms with van der Waals surface area (Å²) in [4.78, 5) is 37.6. The van der Waals surface area contributed by atoms with Gasteiger partial charge in [-0.25, -0.2) is 0 Å². The van der Waals surface area contributed by atoms with E-state index in [2.05, 4.69) is 10.6 Å². The van der Waals surface area contributed by atoms with Gasteiger partial charge in [-0.2, -0.15) is 11.3 Å². The first kappa shape index (κ1) is 18.0. The van der Waals surface area contributed by atoms with Crippen LogP contribution in [0.1, 0.15) is 25.7 Å². The van der Waals surface area contributed by atoms with Crippen molar-refractivity contribution >= 4 is 46.0 Å². The van der Waals surface area contributed by atoms with Crippen LogP contribution in [0.25, 0.3) is 0 Å². The van der Waals surface area contributed by atoms with Crippen LogP contribution in [0.15, 0.2) is 53.2 Å². The van der Waals surface area contributed by atoms with Gasteiger partial charge in [0.05, 0.1) is 11.4 Å². The summed E-state index contributed by atoms with van der Waals surface area (Å²) in [5.74, 6) is -1.47. The van der Waals surface area contributed by atoms with Crippen molar-refractivity contribution in [2.24, 2.45) is 0 Å². The molecule has 0 aliphatic carbocycles. The molecule has 3 rings (SSSR count). The van der Waals surface area contributed by atoms with E-state index in [0.717, 1.165) is 10.4 Å². The Balaban J connectivity index is 1.54. The fourth-order valence-corrected chi connectivity index (χ4v) is 3.83. The number of carbonyl (C=O) groups excluding carboxylic acids is 3. The monoisotopic (exact) mass is 384 g/mol. The number of anilines is 1. The first-order valence-corrected chi connectivity index (χ1v) is 9.60. The molecule has 0 saturated heterocycles. The standard InChI is InChI=1S/C19H16N2O3S2/c1-12-3-2-4-14(9-12)21-19(24)18(23)20-10-15-5-6-16(26-15)17(22)13-7-8-25-11-13/h2-9,11H,10H2,1H3,(H,20,23)(H,21,24). The normalized spacial score (nSPS) is 10.3. The van der Waals surface area contributed by atoms with Crippen LogP contribution in [0, 0.1) is 6.92 Å². The molecule has 0 unspecified atom stereocenters. The van der Waals surface area contributed by atoms with E-state index in [-0.39, 0.29) is 12.3 Å². The van der Waals surface area contributed by atoms with E-state index in [4.69, 9.17) is 0 Å². The predicted octanol–water partition coefficient (Wildman–Crippen LogP) is 3.60. The number of rotatable bonds is 5. The minimum Gasteiger partial charge on any atom is -0.343 e. The summed E-state index contributed by atoms with van der Waals surface area (Å²) in [6.07, 6.45) is 0. The number of hydrogen-bond donors (Lipinski definition) is 2. The Morgan fingerprint density at radius 1 is 1.04 bits per heavy atom. The van der Waals surface area contributed by atoms with Crippen molar-refractivity contribution < 1.29 is 14.4 Å². The molecule has 7 heteroatoms. The molecule has 2 aromatic heterocycles. The maximum absolute atomic E-state index is 12.3. The SMILES string of the molecule is Cc1cccc(NC(=O)C(=O)NCc2ccc(C(=O)c3ccsc3)s2)c1. The lowest BCUT2D eigenvalue weighted by Crippen LogP contribution is -2.34. The Hall–Kier alpha value is -2.77. The molecule has 0 bridgehead atoms. The number of nitrogens with one attached hydrogen (secondary N) is 2. The highest BCUT2D eigenvalue weighted by atomic mass is 32.1. The lowest BCUT2D eigenvalue weighted by molar-refractivity contribution is -0.136. The van der Waals surface area contributed by atoms with Gasteiger partial charge >= 0.3 is 11.8 Å². The van der Waals surface area contributed by atoms with Gasteiger partial charge in [0.2, 0.25) is 5.78 Å². The van der Waals surface area contributed by atoms with Crippen molar-refractivity contribution in [3.8, 4) is 0 Å². The Labute approximate surface area is 158 Å². The van der Waals surface area contributed by atoms with E-state index < -0.39 is 11.8 Å². The van der Waals surface area contributed by atoms with E-state index in [1.165, 1.54) is 22.7 Å². The second-order valence-corrected chi connectivity index (χ2v) is 7.56. The number of hydrogen-bond acceptors (Lipinski definition) is 5. The largest absolute Gasteiger partial charge is 0.343 e. The van der Waals surface area contributed by atoms with Crippen LogP contribution >= 0.6 is 22.7 Å². The maximum atomic E-state index is 12.3. The van der Waals surface area contributed by atoms with Crippen LogP contribution in [0.2, 0.25) is 0 Å². The van der Waals surface area contributed by atoms with Gasteiger partial charge in [-0.15, -0.1) is 11.3 Å². The molecule has 2 amide bonds. The van der Waals surface area contributed by atoms with E-state index in [0.29, 0.717) is 16.1 Å². The van der Waals surface area contributed by atoms with E-state index in [1.54, 1.807) is 41.8 Å². The van der Waals surface area contributed by atoms with Crippen molar-refractivity contribution in [3.63, 3.8) is 0 Å². The molecular weight excluding hydrogens is 368 g/mol. The molecule has 0 saturated carbocycles. The molecule has 0 fully saturated rings. The summed E-state index contributed by atoms with van der Waals surface area (Å²) in [7, 11) is 0. The van der Waals surface area contributed by atoms with Crippen LogP contribution in [0.5, 0.6) is 0 Å². The molecule has 1 aromatic carbocycles. The van der Waals surface area contributed by atoms with Crippen LogP contribution in [-0.4, -0.2) is 17.6 Å². The van der Waals surface area contributed by atoms with Crippen molar-refractivity contribution in [1.29, 1.82) is 0 Å². The fourth-order valence-electron chi connectivity index (χ4n) is 2.29. The topological polar surface area (TPSA) is 75.3 Å². The Morgan fingerprint density at radius 2 is 1.88 bits per heavy atom. The van der Waals surface area contributed by atoms with Gasteiger partial charge in [0.25, 0.3) is 0 Å². The summed E-state index contributed by atoms with van der Waals surface area (Å²) in [5, 5.41) is 8.79. The third-order valence-electron chi connectivity index (χ3n) is 3.57. The summed E-state index contributed by atoms with van der Waals surface area (Å²) in [6.45, 7) is 2.10. The predicted molar refractivity (Wildman–Crippen MR) is 104 cm³/mol. The van der Waals surface area contributed by atoms with Crippen LogP contribution in [0.3, 0.4) is 0 Å². The first-order valence-electron chi connectivity index (χ1n) is 7.84. The van der Waals surface area contributed by atoms with Crippen molar-refractivity contribution in [3.05, 3.63) is 74.1 Å². The van der Waals surface area contributed by atoms with Gasteiger partial charge in [0.15, 0.2) is 0 Å². The van der Waals surface area contributed by atoms with Gasteiger partial charge in [0, 0.05) is 21.5 Å². The minimum atomic E-state index is -0.721. The van der Waals surface area contributed by atoms with Gasteiger partial charge in [-0.05, 0) is 48.2 Å². The van der Waals surface area contributed by atoms with Crippen LogP contribution < -0.4 is 10.6 Å². The van der Waals surface area contributed by atoms with Gasteiger partial charge in [-0.3, -0.25) is 14.4 Å². The number of amides is 2. The summed E-state index contributed by atoms with van der Waals surface area (Å²) < 4.78 is 0. The van der Waals surface area contributed by atoms with Gasteiger partial charge in [0.1, 0.15) is 0 Å². The zero-order valence-electron chi connectivity index (χ0n) is 13.9. The zero-order chi connectivity index (χ0) is 18.5. The fraction of sp³-hybridized carbons (Fsp3) is 0.105. The van der Waals surface area contributed by atoms with E-state index in [9.17, 15) is 14.4 Å². The molecule has 0 radical (unpaired) electrons. The second-order valence-electron chi connectivity index (χ2n) is 5.61. The minimum absolute atomic E-state index is 0.0361. The van der Waals surface area contributed by atoms with Crippen molar-refractivity contribution in [1.82, 2.24) is 5.32 Å². The lowest BCUT2D eigenvalue weighted by atomic mass is 10.2. The molecule has 0 aliphatic rings. The highest BCUT2D eigenvalue weighted by molar-refractivity contribution is 7.14. The number of thiophene rings is 2. The summed E-state index contributed by atoms with van der Waals surface area (Å²) >= 11 is 2.78. The number of ketones is 1. The highest BCUT2D eigenvalue weighted by Gasteiger charge is 2.15. The smallest absolute Gasteiger partial charge is 0.313 e. The average molecular weight is 384 g/mol. The zero-order valence-corrected chi connectivity index (χ0v) is 15.6. The summed E-state index contributed by atoms with van der Waals surface area (Å²) in [5.41, 5.74) is 2.22. The molecule has 2 heterocycles. The van der Waals surface area contributed by atoms with Gasteiger partial charge < -0.3 is 10.6 Å². The third kappa shape index (κ3) is 4.44. The number of aryl methyl sites for hydroxylation is 1. The maximum Gasteiger partial charge on any atom is 0.313 e. The van der Waals surface area contributed by atoms with E-state index >= 15 is 0 Å². The molecule has 0 spiro atoms. The molecule has 5 nitrogen and oxygen atoms in total. The third-order valence-corrected chi connectivity index (χ3v) is 5.34. The molecule has 3 aromatic rings. The molecular formula is C19H16N2O3S2. The highest BCUT2D eigenvalue weighted by Crippen LogP contribution is 2.21. The number of benzene rings is 1. The van der Waals surface area contributed by atoms with Gasteiger partial charge in [-0.1, -0.05) is 12.1 Å². The van der Waals surface area contributed by atoms with Crippen molar-refractivity contribution in [2.75, 3.05) is 5.32 Å². The van der Waals surface area contributed by atoms with Crippen LogP contribution in [0.4, 0.5) is 5.69 Å².